The molecule has 0 unspecified atom stereocenters. The molecule has 0 saturated carbocycles. The summed E-state index contributed by atoms with van der Waals surface area (Å²) in [6.07, 6.45) is 4.67. The first kappa shape index (κ1) is 9.28. The zero-order chi connectivity index (χ0) is 11.0. The van der Waals surface area contributed by atoms with Crippen molar-refractivity contribution in [1.29, 1.82) is 0 Å². The van der Waals surface area contributed by atoms with Gasteiger partial charge in [0.15, 0.2) is 0 Å². The molecule has 3 rings (SSSR count). The van der Waals surface area contributed by atoms with Gasteiger partial charge in [-0.2, -0.15) is 0 Å². The summed E-state index contributed by atoms with van der Waals surface area (Å²) in [6.45, 7) is 2.17. The zero-order valence-electron chi connectivity index (χ0n) is 9.14. The Hall–Kier alpha value is -1.96. The third-order valence-corrected chi connectivity index (χ3v) is 2.93. The van der Waals surface area contributed by atoms with E-state index in [0.29, 0.717) is 0 Å². The number of benzene rings is 1. The smallest absolute Gasteiger partial charge is 0.0967 e. The summed E-state index contributed by atoms with van der Waals surface area (Å²) < 4.78 is 0. The van der Waals surface area contributed by atoms with Crippen molar-refractivity contribution >= 4 is 21.8 Å². The Labute approximate surface area is 94.0 Å². The molecule has 1 aromatic carbocycles. The second-order valence-corrected chi connectivity index (χ2v) is 3.86. The maximum Gasteiger partial charge on any atom is 0.0967 e. The average Bonchev–Trinajstić information content (AvgIpc) is 2.38. The molecule has 0 saturated heterocycles. The summed E-state index contributed by atoms with van der Waals surface area (Å²) in [5.74, 6) is 0. The monoisotopic (exact) mass is 208 g/mol. The summed E-state index contributed by atoms with van der Waals surface area (Å²) in [5, 5.41) is 2.39. The van der Waals surface area contributed by atoms with Gasteiger partial charge in [-0.15, -0.1) is 0 Å². The molecule has 0 amide bonds. The molecule has 0 atom stereocenters. The number of nitrogens with zero attached hydrogens (tertiary/aromatic N) is 2. The first-order valence-electron chi connectivity index (χ1n) is 5.51. The van der Waals surface area contributed by atoms with Crippen LogP contribution in [-0.2, 0) is 6.42 Å². The Morgan fingerprint density at radius 2 is 1.75 bits per heavy atom. The third kappa shape index (κ3) is 1.27. The lowest BCUT2D eigenvalue weighted by molar-refractivity contribution is 1.16. The molecule has 0 bridgehead atoms. The van der Waals surface area contributed by atoms with Crippen molar-refractivity contribution in [2.75, 3.05) is 0 Å². The van der Waals surface area contributed by atoms with Gasteiger partial charge >= 0.3 is 0 Å². The Kier molecular flexibility index (Phi) is 2.07. The first-order chi connectivity index (χ1) is 7.90. The minimum absolute atomic E-state index is 0.996. The molecular weight excluding hydrogens is 196 g/mol. The number of aryl methyl sites for hydroxylation is 1. The van der Waals surface area contributed by atoms with Crippen LogP contribution in [0.15, 0.2) is 42.7 Å². The van der Waals surface area contributed by atoms with Gasteiger partial charge in [0.05, 0.1) is 11.0 Å². The molecule has 0 aliphatic rings. The van der Waals surface area contributed by atoms with Crippen molar-refractivity contribution < 1.29 is 0 Å². The third-order valence-electron chi connectivity index (χ3n) is 2.93. The molecule has 0 spiro atoms. The Morgan fingerprint density at radius 1 is 1.00 bits per heavy atom. The second-order valence-electron chi connectivity index (χ2n) is 3.86. The van der Waals surface area contributed by atoms with Crippen LogP contribution in [0.2, 0.25) is 0 Å². The van der Waals surface area contributed by atoms with Crippen LogP contribution >= 0.6 is 0 Å². The highest BCUT2D eigenvalue weighted by Crippen LogP contribution is 2.25. The van der Waals surface area contributed by atoms with Gasteiger partial charge in [0.2, 0.25) is 0 Å². The van der Waals surface area contributed by atoms with Crippen LogP contribution in [0.25, 0.3) is 21.8 Å². The normalized spacial score (nSPS) is 11.1. The van der Waals surface area contributed by atoms with E-state index in [1.165, 1.54) is 16.3 Å². The standard InChI is InChI=1S/C14H12N2/c1-2-10-9-11-5-3-7-15-13(11)14-12(10)6-4-8-16-14/h3-9H,2H2,1H3. The van der Waals surface area contributed by atoms with E-state index in [9.17, 15) is 0 Å². The number of fused-ring (bicyclic) bond motifs is 3. The fourth-order valence-corrected chi connectivity index (χ4v) is 2.14. The van der Waals surface area contributed by atoms with Crippen molar-refractivity contribution in [2.24, 2.45) is 0 Å². The molecule has 0 radical (unpaired) electrons. The van der Waals surface area contributed by atoms with Crippen LogP contribution in [0, 0.1) is 0 Å². The van der Waals surface area contributed by atoms with Gasteiger partial charge in [-0.1, -0.05) is 19.1 Å². The van der Waals surface area contributed by atoms with Crippen molar-refractivity contribution in [3.63, 3.8) is 0 Å². The van der Waals surface area contributed by atoms with E-state index in [-0.39, 0.29) is 0 Å². The van der Waals surface area contributed by atoms with Crippen molar-refractivity contribution in [3.05, 3.63) is 48.3 Å². The van der Waals surface area contributed by atoms with Crippen molar-refractivity contribution in [2.45, 2.75) is 13.3 Å². The van der Waals surface area contributed by atoms with Crippen LogP contribution in [0.4, 0.5) is 0 Å². The molecule has 0 N–H and O–H groups in total. The average molecular weight is 208 g/mol. The molecular formula is C14H12N2. The first-order valence-corrected chi connectivity index (χ1v) is 5.51. The molecule has 78 valence electrons. The van der Waals surface area contributed by atoms with Crippen molar-refractivity contribution in [3.8, 4) is 0 Å². The number of aromatic nitrogens is 2. The molecule has 3 aromatic rings. The highest BCUT2D eigenvalue weighted by atomic mass is 14.7. The molecule has 16 heavy (non-hydrogen) atoms. The maximum absolute atomic E-state index is 4.46. The van der Waals surface area contributed by atoms with E-state index in [0.717, 1.165) is 17.5 Å². The van der Waals surface area contributed by atoms with Gasteiger partial charge in [-0.3, -0.25) is 9.97 Å². The topological polar surface area (TPSA) is 25.8 Å². The van der Waals surface area contributed by atoms with Gasteiger partial charge in [-0.25, -0.2) is 0 Å². The van der Waals surface area contributed by atoms with Crippen molar-refractivity contribution in [1.82, 2.24) is 9.97 Å². The predicted molar refractivity (Wildman–Crippen MR) is 66.4 cm³/mol. The minimum Gasteiger partial charge on any atom is -0.254 e. The van der Waals surface area contributed by atoms with Gasteiger partial charge in [0, 0.05) is 23.2 Å². The van der Waals surface area contributed by atoms with Gasteiger partial charge in [0.25, 0.3) is 0 Å². The number of rotatable bonds is 1. The SMILES string of the molecule is CCc1cc2cccnc2c2ncccc12. The lowest BCUT2D eigenvalue weighted by atomic mass is 10.0. The summed E-state index contributed by atoms with van der Waals surface area (Å²) in [5.41, 5.74) is 3.34. The number of hydrogen-bond donors (Lipinski definition) is 0. The van der Waals surface area contributed by atoms with E-state index >= 15 is 0 Å². The van der Waals surface area contributed by atoms with E-state index in [1.807, 2.05) is 24.5 Å². The van der Waals surface area contributed by atoms with Gasteiger partial charge < -0.3 is 0 Å². The number of hydrogen-bond acceptors (Lipinski definition) is 2. The molecule has 0 aliphatic carbocycles. The Morgan fingerprint density at radius 3 is 2.56 bits per heavy atom. The summed E-state index contributed by atoms with van der Waals surface area (Å²) >= 11 is 0. The lowest BCUT2D eigenvalue weighted by Gasteiger charge is -2.06. The highest BCUT2D eigenvalue weighted by Gasteiger charge is 2.06. The summed E-state index contributed by atoms with van der Waals surface area (Å²) in [7, 11) is 0. The van der Waals surface area contributed by atoms with Crippen LogP contribution in [-0.4, -0.2) is 9.97 Å². The van der Waals surface area contributed by atoms with Gasteiger partial charge in [-0.05, 0) is 30.2 Å². The summed E-state index contributed by atoms with van der Waals surface area (Å²) in [4.78, 5) is 8.88. The van der Waals surface area contributed by atoms with E-state index < -0.39 is 0 Å². The molecule has 2 heteroatoms. The molecule has 2 aromatic heterocycles. The van der Waals surface area contributed by atoms with E-state index in [1.54, 1.807) is 0 Å². The van der Waals surface area contributed by atoms with E-state index in [4.69, 9.17) is 0 Å². The van der Waals surface area contributed by atoms with Crippen LogP contribution in [0.5, 0.6) is 0 Å². The van der Waals surface area contributed by atoms with E-state index in [2.05, 4.69) is 35.1 Å². The molecule has 0 fully saturated rings. The zero-order valence-corrected chi connectivity index (χ0v) is 9.14. The molecule has 0 aliphatic heterocycles. The van der Waals surface area contributed by atoms with Crippen LogP contribution < -0.4 is 0 Å². The Bertz CT molecular complexity index is 659. The molecule has 2 nitrogen and oxygen atoms in total. The van der Waals surface area contributed by atoms with Crippen LogP contribution in [0.3, 0.4) is 0 Å². The maximum atomic E-state index is 4.46. The lowest BCUT2D eigenvalue weighted by Crippen LogP contribution is -1.89. The second kappa shape index (κ2) is 3.56. The van der Waals surface area contributed by atoms with Gasteiger partial charge in [0.1, 0.15) is 0 Å². The largest absolute Gasteiger partial charge is 0.254 e. The minimum atomic E-state index is 0.996. The van der Waals surface area contributed by atoms with Crippen LogP contribution in [0.1, 0.15) is 12.5 Å². The quantitative estimate of drug-likeness (QED) is 0.573. The Balaban J connectivity index is 2.57. The predicted octanol–water partition coefficient (Wildman–Crippen LogP) is 3.35. The number of pyridine rings is 2. The fraction of sp³-hybridized carbons (Fsp3) is 0.143. The molecule has 2 heterocycles. The fourth-order valence-electron chi connectivity index (χ4n) is 2.14. The summed E-state index contributed by atoms with van der Waals surface area (Å²) in [6, 6.07) is 10.4. The highest BCUT2D eigenvalue weighted by molar-refractivity contribution is 6.04.